The van der Waals surface area contributed by atoms with Gasteiger partial charge in [-0.05, 0) is 80.8 Å². The average molecular weight is 443 g/mol. The van der Waals surface area contributed by atoms with E-state index >= 15 is 0 Å². The van der Waals surface area contributed by atoms with Crippen LogP contribution in [0.5, 0.6) is 0 Å². The molecule has 1 atom stereocenters. The van der Waals surface area contributed by atoms with Crippen LogP contribution < -0.4 is 11.1 Å². The van der Waals surface area contributed by atoms with Gasteiger partial charge in [0.2, 0.25) is 0 Å². The molecule has 2 fully saturated rings. The minimum atomic E-state index is 0.454. The molecule has 0 bridgehead atoms. The Kier molecular flexibility index (Phi) is 6.60. The molecule has 4 aromatic rings. The zero-order valence-electron chi connectivity index (χ0n) is 19.1. The number of rotatable bonds is 4. The number of hydrogen-bond acceptors (Lipinski definition) is 3. The van der Waals surface area contributed by atoms with Gasteiger partial charge in [-0.15, -0.1) is 0 Å². The van der Waals surface area contributed by atoms with E-state index in [9.17, 15) is 4.79 Å². The van der Waals surface area contributed by atoms with E-state index < -0.39 is 0 Å². The molecule has 0 spiro atoms. The van der Waals surface area contributed by atoms with E-state index in [4.69, 9.17) is 5.73 Å². The van der Waals surface area contributed by atoms with Crippen molar-refractivity contribution in [2.75, 3.05) is 13.1 Å². The lowest BCUT2D eigenvalue weighted by molar-refractivity contribution is -0.108. The molecule has 2 aliphatic carbocycles. The lowest BCUT2D eigenvalue weighted by Crippen LogP contribution is -2.30. The van der Waals surface area contributed by atoms with Crippen LogP contribution in [-0.2, 0) is 17.6 Å². The highest BCUT2D eigenvalue weighted by Gasteiger charge is 2.36. The Morgan fingerprint density at radius 2 is 1.67 bits per heavy atom. The van der Waals surface area contributed by atoms with Crippen molar-refractivity contribution in [1.29, 1.82) is 0 Å². The summed E-state index contributed by atoms with van der Waals surface area (Å²) in [4.78, 5) is 16.4. The first kappa shape index (κ1) is 21.9. The van der Waals surface area contributed by atoms with Crippen LogP contribution in [0.3, 0.4) is 0 Å². The number of fused-ring (bicyclic) bond motifs is 4. The van der Waals surface area contributed by atoms with E-state index in [2.05, 4.69) is 57.7 Å². The zero-order chi connectivity index (χ0) is 22.6. The molecule has 0 saturated heterocycles. The molecule has 1 unspecified atom stereocenters. The highest BCUT2D eigenvalue weighted by atomic mass is 16.1. The van der Waals surface area contributed by atoms with Gasteiger partial charge in [0.05, 0.1) is 6.04 Å². The Hall–Kier alpha value is -2.89. The van der Waals surface area contributed by atoms with E-state index in [1.807, 2.05) is 12.3 Å². The summed E-state index contributed by atoms with van der Waals surface area (Å²) >= 11 is 0. The Morgan fingerprint density at radius 3 is 2.33 bits per heavy atom. The fraction of sp³-hybridized carbons (Fsp3) is 0.393. The number of aldehydes is 1. The number of H-pyrrole nitrogens is 2. The molecule has 0 amide bonds. The monoisotopic (exact) mass is 442 g/mol. The number of hydrogen-bond donors (Lipinski definition) is 4. The summed E-state index contributed by atoms with van der Waals surface area (Å²) in [5.74, 6) is 1.34. The van der Waals surface area contributed by atoms with Crippen molar-refractivity contribution in [3.8, 4) is 0 Å². The van der Waals surface area contributed by atoms with Crippen molar-refractivity contribution in [1.82, 2.24) is 15.3 Å². The second-order valence-corrected chi connectivity index (χ2v) is 9.45. The fourth-order valence-electron chi connectivity index (χ4n) is 4.77. The van der Waals surface area contributed by atoms with Crippen molar-refractivity contribution in [3.05, 3.63) is 71.5 Å². The van der Waals surface area contributed by atoms with Crippen molar-refractivity contribution in [2.24, 2.45) is 17.6 Å². The Labute approximate surface area is 195 Å². The Morgan fingerprint density at radius 1 is 0.939 bits per heavy atom. The molecule has 172 valence electrons. The van der Waals surface area contributed by atoms with Crippen molar-refractivity contribution in [3.63, 3.8) is 0 Å². The van der Waals surface area contributed by atoms with E-state index in [0.29, 0.717) is 18.5 Å². The molecule has 1 aliphatic heterocycles. The summed E-state index contributed by atoms with van der Waals surface area (Å²) in [5, 5.41) is 6.40. The summed E-state index contributed by atoms with van der Waals surface area (Å²) in [5.41, 5.74) is 12.3. The largest absolute Gasteiger partial charge is 0.361 e. The van der Waals surface area contributed by atoms with Gasteiger partial charge in [-0.3, -0.25) is 0 Å². The summed E-state index contributed by atoms with van der Waals surface area (Å²) in [6.07, 6.45) is 10.3. The zero-order valence-corrected chi connectivity index (χ0v) is 19.1. The molecular weight excluding hydrogens is 408 g/mol. The van der Waals surface area contributed by atoms with Crippen molar-refractivity contribution in [2.45, 2.75) is 44.6 Å². The highest BCUT2D eigenvalue weighted by Crippen LogP contribution is 2.44. The predicted octanol–water partition coefficient (Wildman–Crippen LogP) is 5.03. The molecule has 5 heteroatoms. The van der Waals surface area contributed by atoms with E-state index in [1.54, 1.807) is 5.56 Å². The molecule has 2 aromatic carbocycles. The van der Waals surface area contributed by atoms with Gasteiger partial charge >= 0.3 is 0 Å². The second-order valence-electron chi connectivity index (χ2n) is 9.45. The highest BCUT2D eigenvalue weighted by molar-refractivity contribution is 5.85. The third-order valence-corrected chi connectivity index (χ3v) is 6.89. The molecular formula is C28H34N4O. The van der Waals surface area contributed by atoms with Crippen molar-refractivity contribution < 1.29 is 4.79 Å². The second kappa shape index (κ2) is 9.94. The molecule has 3 aliphatic rings. The number of para-hydroxylation sites is 2. The fourth-order valence-corrected chi connectivity index (χ4v) is 4.77. The number of carbonyl (C=O) groups is 1. The van der Waals surface area contributed by atoms with Gasteiger partial charge in [0.15, 0.2) is 0 Å². The van der Waals surface area contributed by atoms with Gasteiger partial charge < -0.3 is 25.8 Å². The lowest BCUT2D eigenvalue weighted by atomic mass is 9.96. The normalized spacial score (nSPS) is 19.2. The molecule has 2 saturated carbocycles. The van der Waals surface area contributed by atoms with E-state index in [1.165, 1.54) is 52.3 Å². The van der Waals surface area contributed by atoms with Gasteiger partial charge in [-0.1, -0.05) is 36.4 Å². The third-order valence-electron chi connectivity index (χ3n) is 6.89. The van der Waals surface area contributed by atoms with Crippen LogP contribution in [0.25, 0.3) is 21.8 Å². The van der Waals surface area contributed by atoms with Crippen LogP contribution in [-0.4, -0.2) is 29.3 Å². The minimum Gasteiger partial charge on any atom is -0.361 e. The van der Waals surface area contributed by atoms with Crippen LogP contribution in [0, 0.1) is 11.8 Å². The Bertz CT molecular complexity index is 1220. The first-order valence-corrected chi connectivity index (χ1v) is 12.3. The van der Waals surface area contributed by atoms with E-state index in [0.717, 1.165) is 38.0 Å². The van der Waals surface area contributed by atoms with Crippen LogP contribution in [0.1, 0.15) is 48.5 Å². The topological polar surface area (TPSA) is 86.7 Å². The third kappa shape index (κ3) is 5.05. The number of aromatic nitrogens is 2. The first-order valence-electron chi connectivity index (χ1n) is 12.3. The number of aromatic amines is 2. The van der Waals surface area contributed by atoms with Crippen molar-refractivity contribution >= 4 is 28.1 Å². The number of benzene rings is 2. The average Bonchev–Trinajstić information content (AvgIpc) is 3.79. The predicted molar refractivity (Wildman–Crippen MR) is 135 cm³/mol. The van der Waals surface area contributed by atoms with Gasteiger partial charge in [-0.25, -0.2) is 0 Å². The molecule has 5 N–H and O–H groups in total. The van der Waals surface area contributed by atoms with Gasteiger partial charge in [0.25, 0.3) is 0 Å². The number of nitrogens with one attached hydrogen (secondary N) is 3. The molecule has 33 heavy (non-hydrogen) atoms. The summed E-state index contributed by atoms with van der Waals surface area (Å²) in [6, 6.07) is 17.6. The summed E-state index contributed by atoms with van der Waals surface area (Å²) in [6.45, 7) is 1.85. The quantitative estimate of drug-likeness (QED) is 0.334. The van der Waals surface area contributed by atoms with Gasteiger partial charge in [0, 0.05) is 39.6 Å². The maximum atomic E-state index is 9.57. The smallest absolute Gasteiger partial charge is 0.123 e. The summed E-state index contributed by atoms with van der Waals surface area (Å²) < 4.78 is 0. The maximum Gasteiger partial charge on any atom is 0.123 e. The molecule has 5 nitrogen and oxygen atoms in total. The Balaban J connectivity index is 0.000000118. The van der Waals surface area contributed by atoms with Crippen LogP contribution in [0.15, 0.2) is 54.7 Å². The minimum absolute atomic E-state index is 0.454. The van der Waals surface area contributed by atoms with Gasteiger partial charge in [0.1, 0.15) is 6.29 Å². The maximum absolute atomic E-state index is 9.57. The summed E-state index contributed by atoms with van der Waals surface area (Å²) in [7, 11) is 0. The van der Waals surface area contributed by atoms with E-state index in [-0.39, 0.29) is 0 Å². The lowest BCUT2D eigenvalue weighted by Gasteiger charge is -2.24. The van der Waals surface area contributed by atoms with Crippen LogP contribution in [0.2, 0.25) is 0 Å². The van der Waals surface area contributed by atoms with Crippen LogP contribution >= 0.6 is 0 Å². The number of nitrogens with two attached hydrogens (primary N) is 1. The van der Waals surface area contributed by atoms with Crippen LogP contribution in [0.4, 0.5) is 0 Å². The molecule has 0 radical (unpaired) electrons. The standard InChI is InChI=1S/C14H16N2.C10H12N2.C4H6O/c1-2-4-12-10(3-1)11-7-8-15-13(9-5-6-9)14(11)16-12;11-6-5-8-7-12-10-4-2-1-3-9(8)10;5-3-4-1-2-4/h1-4,9,13,15-16H,5-8H2;1-4,7,12H,5-6,11H2;3-4H,1-2H2. The first-order chi connectivity index (χ1) is 16.3. The SMILES string of the molecule is NCCc1c[nH]c2ccccc12.O=CC1CC1.c1ccc2c3c([nH]c2c1)C(C1CC1)NCC3. The molecule has 2 aromatic heterocycles. The van der Waals surface area contributed by atoms with Gasteiger partial charge in [-0.2, -0.15) is 0 Å². The molecule has 3 heterocycles. The number of carbonyl (C=O) groups excluding carboxylic acids is 1. The molecule has 7 rings (SSSR count).